The van der Waals surface area contributed by atoms with Gasteiger partial charge in [0, 0.05) is 18.0 Å². The minimum atomic E-state index is -1.13. The molecule has 208 valence electrons. The molecule has 0 spiro atoms. The number of halogens is 2. The molecule has 4 atom stereocenters. The van der Waals surface area contributed by atoms with E-state index in [0.717, 1.165) is 0 Å². The Hall–Kier alpha value is -4.85. The number of esters is 1. The summed E-state index contributed by atoms with van der Waals surface area (Å²) in [6.45, 7) is 0.0780. The van der Waals surface area contributed by atoms with Crippen molar-refractivity contribution in [2.45, 2.75) is 24.5 Å². The van der Waals surface area contributed by atoms with Crippen LogP contribution in [-0.2, 0) is 20.9 Å². The molecule has 1 saturated heterocycles. The molecule has 4 aromatic carbocycles. The van der Waals surface area contributed by atoms with Crippen molar-refractivity contribution in [3.8, 4) is 0 Å². The van der Waals surface area contributed by atoms with E-state index in [1.54, 1.807) is 48.5 Å². The monoisotopic (exact) mass is 554 g/mol. The first-order chi connectivity index (χ1) is 19.9. The molecule has 0 bridgehead atoms. The lowest BCUT2D eigenvalue weighted by Crippen LogP contribution is -2.48. The van der Waals surface area contributed by atoms with Crippen LogP contribution in [0.1, 0.15) is 39.0 Å². The molecule has 2 amide bonds. The number of hydrogen-bond acceptors (Lipinski definition) is 4. The van der Waals surface area contributed by atoms with Crippen molar-refractivity contribution in [1.82, 2.24) is 10.2 Å². The van der Waals surface area contributed by atoms with E-state index in [-0.39, 0.29) is 12.1 Å². The Morgan fingerprint density at radius 1 is 0.756 bits per heavy atom. The third kappa shape index (κ3) is 5.72. The molecule has 0 aromatic heterocycles. The predicted octanol–water partition coefficient (Wildman–Crippen LogP) is 5.42. The van der Waals surface area contributed by atoms with E-state index in [0.29, 0.717) is 16.7 Å². The third-order valence-corrected chi connectivity index (χ3v) is 7.44. The lowest BCUT2D eigenvalue weighted by molar-refractivity contribution is -0.146. The third-order valence-electron chi connectivity index (χ3n) is 7.44. The molecule has 5 rings (SSSR count). The standard InChI is InChI=1S/C33H28F2N2O4/c1-41-33(40)28-27(22-8-4-2-5-9-22)30(31(38)36-20-21-12-16-25(34)17-13-21)37(29(28)23-10-6-3-7-11-23)32(39)24-14-18-26(35)19-15-24/h2-19,27-30H,20H2,1H3,(H,36,38). The van der Waals surface area contributed by atoms with Crippen LogP contribution < -0.4 is 5.32 Å². The van der Waals surface area contributed by atoms with E-state index in [2.05, 4.69) is 5.32 Å². The van der Waals surface area contributed by atoms with E-state index in [4.69, 9.17) is 4.74 Å². The number of rotatable bonds is 7. The number of nitrogens with zero attached hydrogens (tertiary/aromatic N) is 1. The Labute approximate surface area is 236 Å². The fourth-order valence-electron chi connectivity index (χ4n) is 5.59. The molecular formula is C33H28F2N2O4. The normalized spacial score (nSPS) is 19.9. The van der Waals surface area contributed by atoms with Crippen LogP contribution >= 0.6 is 0 Å². The first-order valence-corrected chi connectivity index (χ1v) is 13.2. The Morgan fingerprint density at radius 2 is 1.29 bits per heavy atom. The van der Waals surface area contributed by atoms with Gasteiger partial charge in [0.1, 0.15) is 17.7 Å². The number of ether oxygens (including phenoxy) is 1. The molecule has 1 fully saturated rings. The Morgan fingerprint density at radius 3 is 1.85 bits per heavy atom. The van der Waals surface area contributed by atoms with Gasteiger partial charge in [-0.05, 0) is 53.1 Å². The van der Waals surface area contributed by atoms with Gasteiger partial charge in [0.15, 0.2) is 0 Å². The maximum absolute atomic E-state index is 14.2. The van der Waals surface area contributed by atoms with Gasteiger partial charge in [-0.25, -0.2) is 8.78 Å². The maximum atomic E-state index is 14.2. The molecule has 1 N–H and O–H groups in total. The Balaban J connectivity index is 1.66. The number of nitrogens with one attached hydrogen (secondary N) is 1. The SMILES string of the molecule is COC(=O)C1C(c2ccccc2)C(C(=O)NCc2ccc(F)cc2)N(C(=O)c2ccc(F)cc2)C1c1ccccc1. The number of amides is 2. The van der Waals surface area contributed by atoms with Crippen LogP contribution in [0.5, 0.6) is 0 Å². The maximum Gasteiger partial charge on any atom is 0.311 e. The van der Waals surface area contributed by atoms with Crippen LogP contribution in [0, 0.1) is 17.6 Å². The molecule has 4 unspecified atom stereocenters. The second kappa shape index (κ2) is 12.1. The van der Waals surface area contributed by atoms with Crippen LogP contribution in [0.4, 0.5) is 8.78 Å². The van der Waals surface area contributed by atoms with Gasteiger partial charge in [0.2, 0.25) is 5.91 Å². The van der Waals surface area contributed by atoms with Crippen molar-refractivity contribution in [2.24, 2.45) is 5.92 Å². The summed E-state index contributed by atoms with van der Waals surface area (Å²) in [5.74, 6) is -4.21. The van der Waals surface area contributed by atoms with Gasteiger partial charge in [-0.2, -0.15) is 0 Å². The van der Waals surface area contributed by atoms with Crippen molar-refractivity contribution >= 4 is 17.8 Å². The van der Waals surface area contributed by atoms with Crippen LogP contribution in [0.25, 0.3) is 0 Å². The van der Waals surface area contributed by atoms with Crippen LogP contribution in [0.3, 0.4) is 0 Å². The van der Waals surface area contributed by atoms with E-state index >= 15 is 0 Å². The smallest absolute Gasteiger partial charge is 0.311 e. The topological polar surface area (TPSA) is 75.7 Å². The van der Waals surface area contributed by atoms with Gasteiger partial charge in [0.25, 0.3) is 5.91 Å². The molecule has 1 heterocycles. The van der Waals surface area contributed by atoms with Gasteiger partial charge in [0.05, 0.1) is 19.1 Å². The zero-order chi connectivity index (χ0) is 28.9. The van der Waals surface area contributed by atoms with E-state index in [1.807, 2.05) is 24.3 Å². The summed E-state index contributed by atoms with van der Waals surface area (Å²) in [6, 6.07) is 26.9. The van der Waals surface area contributed by atoms with E-state index < -0.39 is 53.3 Å². The predicted molar refractivity (Wildman–Crippen MR) is 148 cm³/mol. The summed E-state index contributed by atoms with van der Waals surface area (Å²) >= 11 is 0. The summed E-state index contributed by atoms with van der Waals surface area (Å²) in [6.07, 6.45) is 0. The van der Waals surface area contributed by atoms with Gasteiger partial charge in [-0.1, -0.05) is 72.8 Å². The number of hydrogen-bond donors (Lipinski definition) is 1. The van der Waals surface area contributed by atoms with E-state index in [1.165, 1.54) is 48.4 Å². The molecule has 1 aliphatic rings. The molecule has 41 heavy (non-hydrogen) atoms. The number of carbonyl (C=O) groups excluding carboxylic acids is 3. The second-order valence-corrected chi connectivity index (χ2v) is 9.85. The van der Waals surface area contributed by atoms with Crippen molar-refractivity contribution in [1.29, 1.82) is 0 Å². The van der Waals surface area contributed by atoms with Crippen LogP contribution in [0.15, 0.2) is 109 Å². The minimum absolute atomic E-state index is 0.0780. The highest BCUT2D eigenvalue weighted by atomic mass is 19.1. The number of methoxy groups -OCH3 is 1. The highest BCUT2D eigenvalue weighted by Crippen LogP contribution is 2.51. The molecule has 0 aliphatic carbocycles. The zero-order valence-corrected chi connectivity index (χ0v) is 22.2. The highest BCUT2D eigenvalue weighted by Gasteiger charge is 2.58. The molecule has 8 heteroatoms. The molecule has 4 aromatic rings. The molecule has 0 radical (unpaired) electrons. The average molecular weight is 555 g/mol. The average Bonchev–Trinajstić information content (AvgIpc) is 3.37. The Bertz CT molecular complexity index is 1510. The minimum Gasteiger partial charge on any atom is -0.469 e. The van der Waals surface area contributed by atoms with Crippen LogP contribution in [-0.4, -0.2) is 35.8 Å². The number of likely N-dealkylation sites (tertiary alicyclic amines) is 1. The largest absolute Gasteiger partial charge is 0.469 e. The number of carbonyl (C=O) groups is 3. The van der Waals surface area contributed by atoms with Crippen molar-refractivity contribution in [3.05, 3.63) is 143 Å². The fourth-order valence-corrected chi connectivity index (χ4v) is 5.59. The molecular weight excluding hydrogens is 526 g/mol. The first kappa shape index (κ1) is 27.7. The quantitative estimate of drug-likeness (QED) is 0.310. The first-order valence-electron chi connectivity index (χ1n) is 13.2. The summed E-state index contributed by atoms with van der Waals surface area (Å²) in [5.41, 5.74) is 2.16. The van der Waals surface area contributed by atoms with Crippen molar-refractivity contribution in [3.63, 3.8) is 0 Å². The van der Waals surface area contributed by atoms with Gasteiger partial charge < -0.3 is 15.0 Å². The second-order valence-electron chi connectivity index (χ2n) is 9.85. The number of benzene rings is 4. The summed E-state index contributed by atoms with van der Waals surface area (Å²) in [5, 5.41) is 2.89. The van der Waals surface area contributed by atoms with Crippen LogP contribution in [0.2, 0.25) is 0 Å². The molecule has 6 nitrogen and oxygen atoms in total. The summed E-state index contributed by atoms with van der Waals surface area (Å²) in [7, 11) is 1.28. The summed E-state index contributed by atoms with van der Waals surface area (Å²) < 4.78 is 32.5. The zero-order valence-electron chi connectivity index (χ0n) is 22.2. The lowest BCUT2D eigenvalue weighted by atomic mass is 9.80. The fraction of sp³-hybridized carbons (Fsp3) is 0.182. The lowest BCUT2D eigenvalue weighted by Gasteiger charge is -2.31. The summed E-state index contributed by atoms with van der Waals surface area (Å²) in [4.78, 5) is 43.3. The van der Waals surface area contributed by atoms with Gasteiger partial charge in [-0.15, -0.1) is 0 Å². The highest BCUT2D eigenvalue weighted by molar-refractivity contribution is 6.00. The van der Waals surface area contributed by atoms with Gasteiger partial charge in [-0.3, -0.25) is 14.4 Å². The van der Waals surface area contributed by atoms with Crippen molar-refractivity contribution < 1.29 is 27.9 Å². The molecule has 0 saturated carbocycles. The Kier molecular flexibility index (Phi) is 8.19. The molecule has 1 aliphatic heterocycles. The van der Waals surface area contributed by atoms with Gasteiger partial charge >= 0.3 is 5.97 Å². The van der Waals surface area contributed by atoms with Crippen molar-refractivity contribution in [2.75, 3.05) is 7.11 Å². The van der Waals surface area contributed by atoms with E-state index in [9.17, 15) is 23.2 Å².